The number of hydrogen-bond donors (Lipinski definition) is 2. The molecule has 1 aromatic rings. The fraction of sp³-hybridized carbons (Fsp3) is 0.500. The molecule has 0 bridgehead atoms. The minimum Gasteiger partial charge on any atom is -0.454 e. The normalized spacial score (nSPS) is 17.9. The van der Waals surface area contributed by atoms with Crippen LogP contribution in [0.1, 0.15) is 25.3 Å². The van der Waals surface area contributed by atoms with Crippen LogP contribution >= 0.6 is 12.2 Å². The first kappa shape index (κ1) is 12.5. The number of nitrogens with one attached hydrogen (secondary N) is 2. The molecule has 1 heterocycles. The summed E-state index contributed by atoms with van der Waals surface area (Å²) < 4.78 is 10.6. The minimum absolute atomic E-state index is 0.311. The van der Waals surface area contributed by atoms with Crippen molar-refractivity contribution in [3.63, 3.8) is 0 Å². The van der Waals surface area contributed by atoms with Crippen LogP contribution in [0.4, 0.5) is 0 Å². The van der Waals surface area contributed by atoms with Gasteiger partial charge in [-0.25, -0.2) is 0 Å². The zero-order valence-corrected chi connectivity index (χ0v) is 11.8. The van der Waals surface area contributed by atoms with E-state index in [0.29, 0.717) is 19.4 Å². The van der Waals surface area contributed by atoms with Gasteiger partial charge in [0.2, 0.25) is 6.79 Å². The highest BCUT2D eigenvalue weighted by molar-refractivity contribution is 7.80. The smallest absolute Gasteiger partial charge is 0.231 e. The number of rotatable bonds is 4. The third kappa shape index (κ3) is 3.10. The van der Waals surface area contributed by atoms with Crippen molar-refractivity contribution in [1.29, 1.82) is 0 Å². The Morgan fingerprint density at radius 2 is 2.16 bits per heavy atom. The van der Waals surface area contributed by atoms with Crippen molar-refractivity contribution in [2.45, 2.75) is 32.4 Å². The lowest BCUT2D eigenvalue weighted by molar-refractivity contribution is 0.174. The van der Waals surface area contributed by atoms with Crippen molar-refractivity contribution in [2.75, 3.05) is 6.79 Å². The molecule has 2 N–H and O–H groups in total. The van der Waals surface area contributed by atoms with E-state index in [-0.39, 0.29) is 0 Å². The summed E-state index contributed by atoms with van der Waals surface area (Å²) in [5.41, 5.74) is 1.13. The van der Waals surface area contributed by atoms with Crippen molar-refractivity contribution in [2.24, 2.45) is 5.92 Å². The van der Waals surface area contributed by atoms with Crippen LogP contribution in [0.5, 0.6) is 11.5 Å². The first-order valence-corrected chi connectivity index (χ1v) is 7.06. The third-order valence-corrected chi connectivity index (χ3v) is 3.84. The van der Waals surface area contributed by atoms with E-state index in [2.05, 4.69) is 17.6 Å². The first-order chi connectivity index (χ1) is 9.22. The van der Waals surface area contributed by atoms with Crippen LogP contribution < -0.4 is 20.1 Å². The van der Waals surface area contributed by atoms with Gasteiger partial charge in [0.15, 0.2) is 16.6 Å². The predicted octanol–water partition coefficient (Wildman–Crippen LogP) is 2.18. The largest absolute Gasteiger partial charge is 0.454 e. The quantitative estimate of drug-likeness (QED) is 0.826. The SMILES string of the molecule is C[C@@H](NC(=S)NCc1ccc2c(c1)OCO2)C1CC1. The van der Waals surface area contributed by atoms with Crippen molar-refractivity contribution < 1.29 is 9.47 Å². The van der Waals surface area contributed by atoms with Crippen molar-refractivity contribution in [1.82, 2.24) is 10.6 Å². The van der Waals surface area contributed by atoms with Crippen LogP contribution in [-0.2, 0) is 6.54 Å². The summed E-state index contributed by atoms with van der Waals surface area (Å²) in [7, 11) is 0. The predicted molar refractivity (Wildman–Crippen MR) is 77.3 cm³/mol. The van der Waals surface area contributed by atoms with Crippen LogP contribution in [0.2, 0.25) is 0 Å². The van der Waals surface area contributed by atoms with Crippen LogP contribution in [0, 0.1) is 5.92 Å². The van der Waals surface area contributed by atoms with E-state index >= 15 is 0 Å². The highest BCUT2D eigenvalue weighted by Crippen LogP contribution is 2.33. The van der Waals surface area contributed by atoms with Gasteiger partial charge >= 0.3 is 0 Å². The summed E-state index contributed by atoms with van der Waals surface area (Å²) in [6.07, 6.45) is 2.64. The highest BCUT2D eigenvalue weighted by atomic mass is 32.1. The van der Waals surface area contributed by atoms with Crippen molar-refractivity contribution in [3.05, 3.63) is 23.8 Å². The Balaban J connectivity index is 1.50. The first-order valence-electron chi connectivity index (χ1n) is 6.65. The van der Waals surface area contributed by atoms with Gasteiger partial charge in [0.05, 0.1) is 0 Å². The van der Waals surface area contributed by atoms with Gasteiger partial charge in [-0.15, -0.1) is 0 Å². The second-order valence-electron chi connectivity index (χ2n) is 5.14. The summed E-state index contributed by atoms with van der Waals surface area (Å²) in [4.78, 5) is 0. The lowest BCUT2D eigenvalue weighted by atomic mass is 10.2. The summed E-state index contributed by atoms with van der Waals surface area (Å²) in [5.74, 6) is 2.42. The third-order valence-electron chi connectivity index (χ3n) is 3.58. The monoisotopic (exact) mass is 278 g/mol. The van der Waals surface area contributed by atoms with Crippen molar-refractivity contribution in [3.8, 4) is 11.5 Å². The Morgan fingerprint density at radius 3 is 2.95 bits per heavy atom. The molecule has 0 saturated heterocycles. The fourth-order valence-electron chi connectivity index (χ4n) is 2.21. The van der Waals surface area contributed by atoms with Gasteiger partial charge in [-0.3, -0.25) is 0 Å². The Morgan fingerprint density at radius 1 is 1.37 bits per heavy atom. The van der Waals surface area contributed by atoms with Gasteiger partial charge in [0, 0.05) is 12.6 Å². The summed E-state index contributed by atoms with van der Waals surface area (Å²) in [6, 6.07) is 6.41. The Kier molecular flexibility index (Phi) is 3.46. The van der Waals surface area contributed by atoms with E-state index < -0.39 is 0 Å². The topological polar surface area (TPSA) is 42.5 Å². The van der Waals surface area contributed by atoms with Gasteiger partial charge < -0.3 is 20.1 Å². The molecule has 1 atom stereocenters. The summed E-state index contributed by atoms with van der Waals surface area (Å²) >= 11 is 5.30. The maximum Gasteiger partial charge on any atom is 0.231 e. The second kappa shape index (κ2) is 5.25. The summed E-state index contributed by atoms with van der Waals surface area (Å²) in [5, 5.41) is 7.28. The molecule has 1 aliphatic heterocycles. The van der Waals surface area contributed by atoms with Gasteiger partial charge in [-0.1, -0.05) is 6.07 Å². The second-order valence-corrected chi connectivity index (χ2v) is 5.55. The van der Waals surface area contributed by atoms with E-state index in [4.69, 9.17) is 21.7 Å². The average Bonchev–Trinajstić information content (AvgIpc) is 3.15. The Labute approximate surface area is 118 Å². The molecule has 1 aromatic carbocycles. The Hall–Kier alpha value is -1.49. The minimum atomic E-state index is 0.311. The van der Waals surface area contributed by atoms with E-state index in [9.17, 15) is 0 Å². The standard InChI is InChI=1S/C14H18N2O2S/c1-9(11-3-4-11)16-14(19)15-7-10-2-5-12-13(6-10)18-8-17-12/h2,5-6,9,11H,3-4,7-8H2,1H3,(H2,15,16,19)/t9-/m1/s1. The summed E-state index contributed by atoms with van der Waals surface area (Å²) in [6.45, 7) is 3.19. The molecule has 0 spiro atoms. The lowest BCUT2D eigenvalue weighted by Gasteiger charge is -2.16. The highest BCUT2D eigenvalue weighted by Gasteiger charge is 2.28. The molecule has 1 aliphatic carbocycles. The van der Waals surface area contributed by atoms with Crippen LogP contribution in [0.15, 0.2) is 18.2 Å². The number of thiocarbonyl (C=S) groups is 1. The van der Waals surface area contributed by atoms with E-state index in [1.807, 2.05) is 18.2 Å². The number of ether oxygens (including phenoxy) is 2. The molecule has 102 valence electrons. The maximum atomic E-state index is 5.35. The molecule has 4 nitrogen and oxygen atoms in total. The zero-order chi connectivity index (χ0) is 13.2. The fourth-order valence-corrected chi connectivity index (χ4v) is 2.46. The van der Waals surface area contributed by atoms with E-state index in [1.165, 1.54) is 12.8 Å². The van der Waals surface area contributed by atoms with Crippen LogP contribution in [0.25, 0.3) is 0 Å². The molecule has 2 aliphatic rings. The molecular formula is C14H18N2O2S. The van der Waals surface area contributed by atoms with E-state index in [0.717, 1.165) is 28.1 Å². The van der Waals surface area contributed by atoms with Gasteiger partial charge in [-0.05, 0) is 55.6 Å². The van der Waals surface area contributed by atoms with E-state index in [1.54, 1.807) is 0 Å². The van der Waals surface area contributed by atoms with Gasteiger partial charge in [0.1, 0.15) is 0 Å². The number of fused-ring (bicyclic) bond motifs is 1. The molecule has 0 unspecified atom stereocenters. The molecule has 19 heavy (non-hydrogen) atoms. The molecule has 0 amide bonds. The molecule has 1 saturated carbocycles. The molecule has 0 radical (unpaired) electrons. The Bertz CT molecular complexity index is 488. The number of hydrogen-bond acceptors (Lipinski definition) is 3. The van der Waals surface area contributed by atoms with Gasteiger partial charge in [0.25, 0.3) is 0 Å². The van der Waals surface area contributed by atoms with Crippen LogP contribution in [-0.4, -0.2) is 17.9 Å². The zero-order valence-electron chi connectivity index (χ0n) is 10.9. The number of benzene rings is 1. The molecule has 0 aromatic heterocycles. The lowest BCUT2D eigenvalue weighted by Crippen LogP contribution is -2.41. The molecule has 3 rings (SSSR count). The molecule has 1 fully saturated rings. The maximum absolute atomic E-state index is 5.35. The molecule has 5 heteroatoms. The van der Waals surface area contributed by atoms with Gasteiger partial charge in [-0.2, -0.15) is 0 Å². The van der Waals surface area contributed by atoms with Crippen molar-refractivity contribution >= 4 is 17.3 Å². The van der Waals surface area contributed by atoms with Crippen LogP contribution in [0.3, 0.4) is 0 Å². The molecular weight excluding hydrogens is 260 g/mol. The average molecular weight is 278 g/mol.